The molecule has 31 heavy (non-hydrogen) atoms. The van der Waals surface area contributed by atoms with Gasteiger partial charge in [-0.3, -0.25) is 14.9 Å². The maximum atomic E-state index is 13.0. The number of benzene rings is 1. The molecule has 0 spiro atoms. The third-order valence-corrected chi connectivity index (χ3v) is 5.50. The van der Waals surface area contributed by atoms with Crippen molar-refractivity contribution in [1.82, 2.24) is 20.5 Å². The molecule has 5 rings (SSSR count). The van der Waals surface area contributed by atoms with Crippen molar-refractivity contribution in [2.45, 2.75) is 12.1 Å². The minimum atomic E-state index is -1.62. The summed E-state index contributed by atoms with van der Waals surface area (Å²) < 4.78 is 11.0. The summed E-state index contributed by atoms with van der Waals surface area (Å²) >= 11 is 0. The van der Waals surface area contributed by atoms with Gasteiger partial charge >= 0.3 is 6.03 Å². The molecule has 1 atom stereocenters. The average molecular weight is 417 g/mol. The van der Waals surface area contributed by atoms with Crippen molar-refractivity contribution in [3.8, 4) is 11.8 Å². The predicted octanol–water partition coefficient (Wildman–Crippen LogP) is 1.40. The van der Waals surface area contributed by atoms with Crippen molar-refractivity contribution in [2.24, 2.45) is 0 Å². The topological polar surface area (TPSA) is 138 Å². The molecule has 154 valence electrons. The van der Waals surface area contributed by atoms with E-state index in [1.807, 2.05) is 6.07 Å². The van der Waals surface area contributed by atoms with E-state index in [0.717, 1.165) is 5.56 Å². The Labute approximate surface area is 175 Å². The third-order valence-electron chi connectivity index (χ3n) is 5.50. The summed E-state index contributed by atoms with van der Waals surface area (Å²) in [6, 6.07) is 9.46. The summed E-state index contributed by atoms with van der Waals surface area (Å²) in [6.07, 6.45) is 1.45. The van der Waals surface area contributed by atoms with Crippen LogP contribution in [0.15, 0.2) is 40.9 Å². The molecule has 1 fully saturated rings. The maximum Gasteiger partial charge on any atom is 0.322 e. The number of pyridine rings is 1. The molecule has 0 aliphatic carbocycles. The van der Waals surface area contributed by atoms with Crippen LogP contribution in [0.25, 0.3) is 11.0 Å². The Kier molecular flexibility index (Phi) is 3.94. The molecule has 4 heterocycles. The number of hydrogen-bond donors (Lipinski definition) is 2. The van der Waals surface area contributed by atoms with E-state index >= 15 is 0 Å². The smallest absolute Gasteiger partial charge is 0.322 e. The highest BCUT2D eigenvalue weighted by atomic mass is 16.5. The molecule has 10 nitrogen and oxygen atoms in total. The zero-order valence-corrected chi connectivity index (χ0v) is 16.3. The van der Waals surface area contributed by atoms with Gasteiger partial charge in [-0.25, -0.2) is 9.78 Å². The molecule has 1 unspecified atom stereocenters. The minimum Gasteiger partial charge on any atom is -0.497 e. The first-order chi connectivity index (χ1) is 14.9. The van der Waals surface area contributed by atoms with E-state index in [-0.39, 0.29) is 30.5 Å². The number of carbonyl (C=O) groups excluding carboxylic acids is 3. The van der Waals surface area contributed by atoms with Gasteiger partial charge in [0.05, 0.1) is 13.7 Å². The Morgan fingerprint density at radius 1 is 1.29 bits per heavy atom. The Morgan fingerprint density at radius 2 is 2.13 bits per heavy atom. The monoisotopic (exact) mass is 417 g/mol. The van der Waals surface area contributed by atoms with Crippen molar-refractivity contribution in [2.75, 3.05) is 13.7 Å². The Bertz CT molecular complexity index is 1320. The molecule has 2 N–H and O–H groups in total. The van der Waals surface area contributed by atoms with Crippen molar-refractivity contribution in [3.63, 3.8) is 0 Å². The van der Waals surface area contributed by atoms with Crippen molar-refractivity contribution >= 4 is 28.8 Å². The van der Waals surface area contributed by atoms with E-state index < -0.39 is 17.5 Å². The summed E-state index contributed by atoms with van der Waals surface area (Å²) in [6.45, 7) is 0.127. The van der Waals surface area contributed by atoms with Crippen LogP contribution in [-0.2, 0) is 16.9 Å². The highest BCUT2D eigenvalue weighted by molar-refractivity contribution is 6.08. The van der Waals surface area contributed by atoms with Crippen molar-refractivity contribution in [1.29, 1.82) is 5.26 Å². The first kappa shape index (κ1) is 18.6. The van der Waals surface area contributed by atoms with Gasteiger partial charge in [0.15, 0.2) is 5.54 Å². The number of nitriles is 1. The van der Waals surface area contributed by atoms with Gasteiger partial charge in [-0.2, -0.15) is 5.26 Å². The summed E-state index contributed by atoms with van der Waals surface area (Å²) in [5, 5.41) is 14.5. The number of ether oxygens (including phenoxy) is 1. The predicted molar refractivity (Wildman–Crippen MR) is 105 cm³/mol. The maximum absolute atomic E-state index is 13.0. The number of nitrogens with one attached hydrogen (secondary N) is 2. The fraction of sp³-hybridized carbons (Fsp3) is 0.190. The summed E-state index contributed by atoms with van der Waals surface area (Å²) in [4.78, 5) is 43.4. The Balaban J connectivity index is 1.55. The molecule has 1 saturated heterocycles. The molecule has 3 aromatic rings. The second-order valence-electron chi connectivity index (χ2n) is 7.33. The number of urea groups is 1. The molecule has 0 bridgehead atoms. The average Bonchev–Trinajstić information content (AvgIpc) is 3.41. The van der Waals surface area contributed by atoms with Gasteiger partial charge in [-0.05, 0) is 23.8 Å². The summed E-state index contributed by atoms with van der Waals surface area (Å²) in [5.41, 5.74) is 0.145. The van der Waals surface area contributed by atoms with Gasteiger partial charge in [0.25, 0.3) is 11.8 Å². The van der Waals surface area contributed by atoms with Gasteiger partial charge in [0, 0.05) is 29.8 Å². The van der Waals surface area contributed by atoms with Gasteiger partial charge in [0.1, 0.15) is 28.9 Å². The highest BCUT2D eigenvalue weighted by Gasteiger charge is 2.53. The lowest BCUT2D eigenvalue weighted by atomic mass is 9.95. The SMILES string of the molecule is COc1ccc2c(c1)C(=O)N(CC1(c3cc4cnc(C#N)cc4o3)NC(=O)NC1=O)C2. The number of amides is 4. The fourth-order valence-electron chi connectivity index (χ4n) is 3.94. The van der Waals surface area contributed by atoms with Crippen LogP contribution < -0.4 is 15.4 Å². The zero-order valence-electron chi connectivity index (χ0n) is 16.3. The zero-order chi connectivity index (χ0) is 21.8. The number of carbonyl (C=O) groups is 3. The van der Waals surface area contributed by atoms with E-state index in [9.17, 15) is 14.4 Å². The van der Waals surface area contributed by atoms with Gasteiger partial charge < -0.3 is 19.4 Å². The van der Waals surface area contributed by atoms with Crippen molar-refractivity contribution < 1.29 is 23.5 Å². The fourth-order valence-corrected chi connectivity index (χ4v) is 3.94. The van der Waals surface area contributed by atoms with E-state index in [1.165, 1.54) is 24.3 Å². The number of furan rings is 1. The van der Waals surface area contributed by atoms with Crippen molar-refractivity contribution in [3.05, 3.63) is 59.1 Å². The highest BCUT2D eigenvalue weighted by Crippen LogP contribution is 2.34. The van der Waals surface area contributed by atoms with Crippen LogP contribution in [0.1, 0.15) is 27.4 Å². The van der Waals surface area contributed by atoms with E-state index in [1.54, 1.807) is 24.3 Å². The van der Waals surface area contributed by atoms with Crippen LogP contribution in [0.3, 0.4) is 0 Å². The molecule has 2 aliphatic rings. The molecular formula is C21H15N5O5. The number of rotatable bonds is 4. The molecule has 4 amide bonds. The Morgan fingerprint density at radius 3 is 2.84 bits per heavy atom. The standard InChI is InChI=1S/C21H15N5O5/c1-30-14-3-2-11-9-26(18(27)15(11)6-14)10-21(19(28)24-20(29)25-21)17-4-12-8-23-13(7-22)5-16(12)31-17/h2-6,8H,9-10H2,1H3,(H2,24,25,28,29). The van der Waals surface area contributed by atoms with E-state index in [0.29, 0.717) is 22.3 Å². The lowest BCUT2D eigenvalue weighted by Crippen LogP contribution is -2.52. The largest absolute Gasteiger partial charge is 0.497 e. The lowest BCUT2D eigenvalue weighted by molar-refractivity contribution is -0.125. The third kappa shape index (κ3) is 2.78. The summed E-state index contributed by atoms with van der Waals surface area (Å²) in [5.74, 6) is -0.226. The van der Waals surface area contributed by atoms with Crippen LogP contribution in [0.4, 0.5) is 4.79 Å². The molecule has 2 aromatic heterocycles. The molecule has 0 radical (unpaired) electrons. The lowest BCUT2D eigenvalue weighted by Gasteiger charge is -2.29. The quantitative estimate of drug-likeness (QED) is 0.612. The second kappa shape index (κ2) is 6.56. The van der Waals surface area contributed by atoms with Crippen LogP contribution in [-0.4, -0.2) is 41.4 Å². The molecule has 10 heteroatoms. The normalized spacial score (nSPS) is 19.9. The molecular weight excluding hydrogens is 402 g/mol. The van der Waals surface area contributed by atoms with Crippen LogP contribution >= 0.6 is 0 Å². The van der Waals surface area contributed by atoms with E-state index in [4.69, 9.17) is 14.4 Å². The number of methoxy groups -OCH3 is 1. The van der Waals surface area contributed by atoms with E-state index in [2.05, 4.69) is 15.6 Å². The van der Waals surface area contributed by atoms with Gasteiger partial charge in [-0.15, -0.1) is 0 Å². The van der Waals surface area contributed by atoms with Crippen LogP contribution in [0, 0.1) is 11.3 Å². The number of nitrogens with zero attached hydrogens (tertiary/aromatic N) is 3. The minimum absolute atomic E-state index is 0.140. The van der Waals surface area contributed by atoms with Gasteiger partial charge in [0.2, 0.25) is 0 Å². The molecule has 2 aliphatic heterocycles. The first-order valence-corrected chi connectivity index (χ1v) is 9.33. The van der Waals surface area contributed by atoms with Crippen LogP contribution in [0.5, 0.6) is 5.75 Å². The Hall–Kier alpha value is -4.39. The number of hydrogen-bond acceptors (Lipinski definition) is 7. The number of fused-ring (bicyclic) bond motifs is 2. The van der Waals surface area contributed by atoms with Gasteiger partial charge in [-0.1, -0.05) is 6.07 Å². The second-order valence-corrected chi connectivity index (χ2v) is 7.33. The summed E-state index contributed by atoms with van der Waals surface area (Å²) in [7, 11) is 1.51. The molecule has 1 aromatic carbocycles. The van der Waals surface area contributed by atoms with Crippen LogP contribution in [0.2, 0.25) is 0 Å². The number of aromatic nitrogens is 1. The number of imide groups is 1. The first-order valence-electron chi connectivity index (χ1n) is 9.33. The molecule has 0 saturated carbocycles.